The van der Waals surface area contributed by atoms with E-state index >= 15 is 0 Å². The summed E-state index contributed by atoms with van der Waals surface area (Å²) in [6, 6.07) is 24.6. The van der Waals surface area contributed by atoms with Crippen LogP contribution < -0.4 is 9.62 Å². The number of carbonyl (C=O) groups excluding carboxylic acids is 1. The van der Waals surface area contributed by atoms with Crippen LogP contribution in [0.5, 0.6) is 0 Å². The number of benzene rings is 3. The Hall–Kier alpha value is -3.23. The zero-order valence-corrected chi connectivity index (χ0v) is 19.0. The molecule has 0 spiro atoms. The quantitative estimate of drug-likeness (QED) is 0.575. The number of amides is 1. The third kappa shape index (κ3) is 4.66. The van der Waals surface area contributed by atoms with Crippen LogP contribution in [0.3, 0.4) is 0 Å². The Balaban J connectivity index is 1.53. The Kier molecular flexibility index (Phi) is 6.53. The summed E-state index contributed by atoms with van der Waals surface area (Å²) in [6.45, 7) is 0.451. The monoisotopic (exact) mass is 466 g/mol. The van der Waals surface area contributed by atoms with Crippen molar-refractivity contribution in [3.63, 3.8) is 0 Å². The molecular weight excluding hydrogens is 444 g/mol. The molecule has 0 atom stereocenters. The van der Waals surface area contributed by atoms with Crippen molar-refractivity contribution in [2.45, 2.75) is 4.90 Å². The van der Waals surface area contributed by atoms with Crippen molar-refractivity contribution in [1.29, 1.82) is 0 Å². The Bertz CT molecular complexity index is 1230. The van der Waals surface area contributed by atoms with Crippen LogP contribution >= 0.6 is 11.8 Å². The van der Waals surface area contributed by atoms with Gasteiger partial charge in [0, 0.05) is 18.5 Å². The molecule has 3 aromatic rings. The maximum Gasteiger partial charge on any atom is 0.291 e. The highest BCUT2D eigenvalue weighted by Gasteiger charge is 2.24. The van der Waals surface area contributed by atoms with Gasteiger partial charge in [0.05, 0.1) is 22.1 Å². The molecule has 1 aliphatic heterocycles. The van der Waals surface area contributed by atoms with Crippen molar-refractivity contribution >= 4 is 44.0 Å². The summed E-state index contributed by atoms with van der Waals surface area (Å²) in [6.07, 6.45) is 0. The smallest absolute Gasteiger partial charge is 0.291 e. The largest absolute Gasteiger partial charge is 0.486 e. The number of anilines is 2. The van der Waals surface area contributed by atoms with Crippen LogP contribution in [0, 0.1) is 0 Å². The van der Waals surface area contributed by atoms with Crippen molar-refractivity contribution < 1.29 is 17.9 Å². The third-order valence-corrected chi connectivity index (χ3v) is 7.80. The second-order valence-corrected chi connectivity index (χ2v) is 10.1. The highest BCUT2D eigenvalue weighted by atomic mass is 32.2. The van der Waals surface area contributed by atoms with Gasteiger partial charge < -0.3 is 10.1 Å². The maximum absolute atomic E-state index is 12.9. The van der Waals surface area contributed by atoms with Gasteiger partial charge in [-0.3, -0.25) is 9.10 Å². The predicted molar refractivity (Wildman–Crippen MR) is 129 cm³/mol. The van der Waals surface area contributed by atoms with Crippen LogP contribution in [-0.2, 0) is 19.6 Å². The predicted octanol–water partition coefficient (Wildman–Crippen LogP) is 4.58. The summed E-state index contributed by atoms with van der Waals surface area (Å²) in [5, 5.41) is 2.81. The minimum atomic E-state index is -3.72. The van der Waals surface area contributed by atoms with Crippen LogP contribution in [0.4, 0.5) is 11.4 Å². The molecule has 1 N–H and O–H groups in total. The van der Waals surface area contributed by atoms with Gasteiger partial charge in [-0.1, -0.05) is 48.5 Å². The summed E-state index contributed by atoms with van der Waals surface area (Å²) < 4.78 is 32.8. The first-order valence-electron chi connectivity index (χ1n) is 9.97. The highest BCUT2D eigenvalue weighted by molar-refractivity contribution is 8.08. The average Bonchev–Trinajstić information content (AvgIpc) is 2.85. The lowest BCUT2D eigenvalue weighted by Crippen LogP contribution is -2.26. The van der Waals surface area contributed by atoms with Gasteiger partial charge in [0.2, 0.25) is 0 Å². The molecule has 32 heavy (non-hydrogen) atoms. The SMILES string of the molecule is CN(c1ccccc1)S(=O)(=O)c1ccc(NC(=O)C2=C(c3ccccc3)SCCO2)cc1. The second kappa shape index (κ2) is 9.50. The molecule has 3 aromatic carbocycles. The number of sulfonamides is 1. The normalized spacial score (nSPS) is 13.9. The molecule has 0 fully saturated rings. The summed E-state index contributed by atoms with van der Waals surface area (Å²) in [5.74, 6) is 0.670. The van der Waals surface area contributed by atoms with E-state index in [1.165, 1.54) is 23.5 Å². The van der Waals surface area contributed by atoms with Gasteiger partial charge in [-0.05, 0) is 42.0 Å². The standard InChI is InChI=1S/C24H22N2O4S2/c1-26(20-10-6-3-7-11-20)32(28,29)21-14-12-19(13-15-21)25-24(27)22-23(31-17-16-30-22)18-8-4-2-5-9-18/h2-15H,16-17H2,1H3,(H,25,27). The fourth-order valence-electron chi connectivity index (χ4n) is 3.22. The average molecular weight is 467 g/mol. The Morgan fingerprint density at radius 1 is 0.938 bits per heavy atom. The molecule has 1 heterocycles. The van der Waals surface area contributed by atoms with Crippen molar-refractivity contribution in [3.8, 4) is 0 Å². The van der Waals surface area contributed by atoms with Gasteiger partial charge in [0.25, 0.3) is 15.9 Å². The van der Waals surface area contributed by atoms with Crippen molar-refractivity contribution in [3.05, 3.63) is 96.3 Å². The van der Waals surface area contributed by atoms with Crippen molar-refractivity contribution in [2.24, 2.45) is 0 Å². The number of hydrogen-bond donors (Lipinski definition) is 1. The Morgan fingerprint density at radius 3 is 2.22 bits per heavy atom. The van der Waals surface area contributed by atoms with Gasteiger partial charge >= 0.3 is 0 Å². The lowest BCUT2D eigenvalue weighted by molar-refractivity contribution is -0.115. The molecule has 0 bridgehead atoms. The van der Waals surface area contributed by atoms with Crippen LogP contribution in [0.1, 0.15) is 5.56 Å². The molecule has 0 saturated carbocycles. The lowest BCUT2D eigenvalue weighted by Gasteiger charge is -2.21. The summed E-state index contributed by atoms with van der Waals surface area (Å²) in [7, 11) is -2.21. The number of hydrogen-bond acceptors (Lipinski definition) is 5. The first-order valence-corrected chi connectivity index (χ1v) is 12.4. The Labute approximate surface area is 192 Å². The van der Waals surface area contributed by atoms with E-state index in [0.29, 0.717) is 18.0 Å². The van der Waals surface area contributed by atoms with E-state index in [9.17, 15) is 13.2 Å². The summed E-state index contributed by atoms with van der Waals surface area (Å²) >= 11 is 1.58. The van der Waals surface area contributed by atoms with Crippen LogP contribution in [0.25, 0.3) is 4.91 Å². The summed E-state index contributed by atoms with van der Waals surface area (Å²) in [4.78, 5) is 13.8. The van der Waals surface area contributed by atoms with Crippen molar-refractivity contribution in [2.75, 3.05) is 29.0 Å². The van der Waals surface area contributed by atoms with E-state index < -0.39 is 10.0 Å². The lowest BCUT2D eigenvalue weighted by atomic mass is 10.2. The Morgan fingerprint density at radius 2 is 1.56 bits per heavy atom. The molecule has 0 radical (unpaired) electrons. The molecule has 1 amide bonds. The first kappa shape index (κ1) is 22.0. The van der Waals surface area contributed by atoms with E-state index in [1.807, 2.05) is 36.4 Å². The van der Waals surface area contributed by atoms with Gasteiger partial charge in [0.1, 0.15) is 0 Å². The van der Waals surface area contributed by atoms with E-state index in [-0.39, 0.29) is 16.6 Å². The number of thioether (sulfide) groups is 1. The van der Waals surface area contributed by atoms with Gasteiger partial charge in [-0.2, -0.15) is 0 Å². The number of rotatable bonds is 6. The van der Waals surface area contributed by atoms with Gasteiger partial charge in [-0.15, -0.1) is 11.8 Å². The fraction of sp³-hybridized carbons (Fsp3) is 0.125. The minimum Gasteiger partial charge on any atom is -0.486 e. The van der Waals surface area contributed by atoms with Crippen LogP contribution in [0.15, 0.2) is 95.6 Å². The first-order chi connectivity index (χ1) is 15.5. The molecular formula is C24H22N2O4S2. The molecule has 0 aromatic heterocycles. The van der Waals surface area contributed by atoms with E-state index in [4.69, 9.17) is 4.74 Å². The summed E-state index contributed by atoms with van der Waals surface area (Å²) in [5.41, 5.74) is 1.97. The molecule has 8 heteroatoms. The van der Waals surface area contributed by atoms with Crippen molar-refractivity contribution in [1.82, 2.24) is 0 Å². The number of nitrogens with one attached hydrogen (secondary N) is 1. The fourth-order valence-corrected chi connectivity index (χ4v) is 5.38. The van der Waals surface area contributed by atoms with Crippen LogP contribution in [0.2, 0.25) is 0 Å². The zero-order chi connectivity index (χ0) is 22.6. The van der Waals surface area contributed by atoms with E-state index in [1.54, 1.807) is 48.2 Å². The minimum absolute atomic E-state index is 0.135. The van der Waals surface area contributed by atoms with E-state index in [2.05, 4.69) is 5.32 Å². The van der Waals surface area contributed by atoms with Crippen LogP contribution in [-0.4, -0.2) is 33.7 Å². The topological polar surface area (TPSA) is 75.7 Å². The number of nitrogens with zero attached hydrogens (tertiary/aromatic N) is 1. The molecule has 0 saturated heterocycles. The molecule has 164 valence electrons. The third-order valence-electron chi connectivity index (χ3n) is 4.91. The molecule has 6 nitrogen and oxygen atoms in total. The zero-order valence-electron chi connectivity index (χ0n) is 17.4. The maximum atomic E-state index is 12.9. The van der Waals surface area contributed by atoms with Gasteiger partial charge in [-0.25, -0.2) is 8.42 Å². The second-order valence-electron chi connectivity index (χ2n) is 7.01. The molecule has 1 aliphatic rings. The number of para-hydroxylation sites is 1. The number of carbonyl (C=O) groups is 1. The highest BCUT2D eigenvalue weighted by Crippen LogP contribution is 2.35. The molecule has 0 unspecified atom stereocenters. The van der Waals surface area contributed by atoms with Gasteiger partial charge in [0.15, 0.2) is 5.76 Å². The number of ether oxygens (including phenoxy) is 1. The van der Waals surface area contributed by atoms with E-state index in [0.717, 1.165) is 16.2 Å². The molecule has 4 rings (SSSR count). The molecule has 0 aliphatic carbocycles.